The van der Waals surface area contributed by atoms with Gasteiger partial charge in [0.15, 0.2) is 28.8 Å². The Morgan fingerprint density at radius 1 is 0.893 bits per heavy atom. The molecule has 6 nitrogen and oxygen atoms in total. The van der Waals surface area contributed by atoms with E-state index in [2.05, 4.69) is 0 Å². The second-order valence-corrected chi connectivity index (χ2v) is 6.26. The smallest absolute Gasteiger partial charge is 0.200 e. The summed E-state index contributed by atoms with van der Waals surface area (Å²) in [4.78, 5) is 12.1. The first-order valence-corrected chi connectivity index (χ1v) is 8.97. The van der Waals surface area contributed by atoms with Crippen molar-refractivity contribution in [1.82, 2.24) is 0 Å². The van der Waals surface area contributed by atoms with Gasteiger partial charge in [0.05, 0.1) is 21.3 Å². The number of rotatable bonds is 10. The molecule has 0 radical (unpaired) electrons. The summed E-state index contributed by atoms with van der Waals surface area (Å²) < 4.78 is 15.4. The third-order valence-electron chi connectivity index (χ3n) is 4.35. The SMILES string of the molecule is COc1cc(CCC(=O)C=CCCc2cc(OC)c(O)c(OC)c2)ccc1O. The monoisotopic (exact) mass is 386 g/mol. The van der Waals surface area contributed by atoms with Crippen LogP contribution in [0.4, 0.5) is 0 Å². The molecule has 0 saturated carbocycles. The highest BCUT2D eigenvalue weighted by molar-refractivity contribution is 5.89. The predicted molar refractivity (Wildman–Crippen MR) is 107 cm³/mol. The predicted octanol–water partition coefficient (Wildman–Crippen LogP) is 3.81. The summed E-state index contributed by atoms with van der Waals surface area (Å²) >= 11 is 0. The van der Waals surface area contributed by atoms with E-state index in [0.29, 0.717) is 42.9 Å². The Kier molecular flexibility index (Phi) is 7.75. The van der Waals surface area contributed by atoms with Gasteiger partial charge in [0.2, 0.25) is 5.75 Å². The van der Waals surface area contributed by atoms with E-state index >= 15 is 0 Å². The van der Waals surface area contributed by atoms with Crippen LogP contribution in [0.2, 0.25) is 0 Å². The van der Waals surface area contributed by atoms with Crippen LogP contribution in [0, 0.1) is 0 Å². The van der Waals surface area contributed by atoms with E-state index in [-0.39, 0.29) is 17.3 Å². The lowest BCUT2D eigenvalue weighted by Crippen LogP contribution is -1.97. The zero-order valence-electron chi connectivity index (χ0n) is 16.4. The van der Waals surface area contributed by atoms with Gasteiger partial charge in [0.25, 0.3) is 0 Å². The average molecular weight is 386 g/mol. The minimum absolute atomic E-state index is 0.0228. The zero-order valence-corrected chi connectivity index (χ0v) is 16.4. The molecule has 0 aliphatic carbocycles. The Bertz CT molecular complexity index is 816. The number of benzene rings is 2. The van der Waals surface area contributed by atoms with Gasteiger partial charge in [-0.1, -0.05) is 12.1 Å². The van der Waals surface area contributed by atoms with Crippen LogP contribution in [-0.2, 0) is 17.6 Å². The summed E-state index contributed by atoms with van der Waals surface area (Å²) in [7, 11) is 4.47. The molecule has 2 rings (SSSR count). The molecule has 0 bridgehead atoms. The molecule has 0 unspecified atom stereocenters. The first-order chi connectivity index (χ1) is 13.5. The molecular weight excluding hydrogens is 360 g/mol. The van der Waals surface area contributed by atoms with Gasteiger partial charge in [-0.25, -0.2) is 0 Å². The highest BCUT2D eigenvalue weighted by Crippen LogP contribution is 2.37. The fraction of sp³-hybridized carbons (Fsp3) is 0.318. The van der Waals surface area contributed by atoms with E-state index in [4.69, 9.17) is 14.2 Å². The fourth-order valence-corrected chi connectivity index (χ4v) is 2.79. The number of hydrogen-bond acceptors (Lipinski definition) is 6. The number of methoxy groups -OCH3 is 3. The van der Waals surface area contributed by atoms with Crippen molar-refractivity contribution >= 4 is 5.78 Å². The lowest BCUT2D eigenvalue weighted by atomic mass is 10.1. The quantitative estimate of drug-likeness (QED) is 0.604. The summed E-state index contributed by atoms with van der Waals surface area (Å²) in [5, 5.41) is 19.5. The second kappa shape index (κ2) is 10.3. The van der Waals surface area contributed by atoms with Gasteiger partial charge in [0.1, 0.15) is 0 Å². The van der Waals surface area contributed by atoms with Crippen LogP contribution in [0.5, 0.6) is 28.7 Å². The van der Waals surface area contributed by atoms with Crippen molar-refractivity contribution in [2.75, 3.05) is 21.3 Å². The average Bonchev–Trinajstić information content (AvgIpc) is 2.71. The summed E-state index contributed by atoms with van der Waals surface area (Å²) in [6.07, 6.45) is 5.75. The molecule has 6 heteroatoms. The topological polar surface area (TPSA) is 85.2 Å². The van der Waals surface area contributed by atoms with Crippen molar-refractivity contribution in [2.24, 2.45) is 0 Å². The van der Waals surface area contributed by atoms with Crippen LogP contribution in [0.3, 0.4) is 0 Å². The maximum absolute atomic E-state index is 12.1. The van der Waals surface area contributed by atoms with E-state index in [1.165, 1.54) is 21.3 Å². The molecule has 28 heavy (non-hydrogen) atoms. The number of aryl methyl sites for hydroxylation is 2. The molecule has 0 atom stereocenters. The minimum atomic E-state index is -0.0228. The van der Waals surface area contributed by atoms with Crippen molar-refractivity contribution in [2.45, 2.75) is 25.7 Å². The third kappa shape index (κ3) is 5.67. The van der Waals surface area contributed by atoms with Crippen LogP contribution in [0.1, 0.15) is 24.0 Å². The number of ketones is 1. The van der Waals surface area contributed by atoms with Gasteiger partial charge in [-0.05, 0) is 60.7 Å². The van der Waals surface area contributed by atoms with E-state index in [1.54, 1.807) is 36.4 Å². The molecule has 0 spiro atoms. The number of carbonyl (C=O) groups is 1. The summed E-state index contributed by atoms with van der Waals surface area (Å²) in [5.74, 6) is 1.22. The molecule has 0 aliphatic heterocycles. The molecule has 0 fully saturated rings. The molecule has 0 aliphatic rings. The zero-order chi connectivity index (χ0) is 20.5. The molecule has 0 amide bonds. The lowest BCUT2D eigenvalue weighted by Gasteiger charge is -2.10. The first-order valence-electron chi connectivity index (χ1n) is 8.97. The number of phenolic OH excluding ortho intramolecular Hbond substituents is 2. The first kappa shape index (κ1) is 21.2. The maximum atomic E-state index is 12.1. The van der Waals surface area contributed by atoms with Crippen LogP contribution in [0.15, 0.2) is 42.5 Å². The van der Waals surface area contributed by atoms with Crippen LogP contribution in [0.25, 0.3) is 0 Å². The second-order valence-electron chi connectivity index (χ2n) is 6.26. The standard InChI is InChI=1S/C22H26O6/c1-26-19-12-15(9-11-18(19)24)8-10-17(23)7-5-4-6-16-13-20(27-2)22(25)21(14-16)28-3/h5,7,9,11-14,24-25H,4,6,8,10H2,1-3H3. The van der Waals surface area contributed by atoms with Gasteiger partial charge >= 0.3 is 0 Å². The Morgan fingerprint density at radius 3 is 2.11 bits per heavy atom. The van der Waals surface area contributed by atoms with Gasteiger partial charge in [-0.15, -0.1) is 0 Å². The molecule has 2 aromatic carbocycles. The van der Waals surface area contributed by atoms with Crippen molar-refractivity contribution < 1.29 is 29.2 Å². The van der Waals surface area contributed by atoms with Crippen LogP contribution in [-0.4, -0.2) is 37.3 Å². The van der Waals surface area contributed by atoms with Crippen molar-refractivity contribution in [3.8, 4) is 28.7 Å². The van der Waals surface area contributed by atoms with Gasteiger partial charge in [0, 0.05) is 6.42 Å². The van der Waals surface area contributed by atoms with Crippen molar-refractivity contribution in [3.63, 3.8) is 0 Å². The third-order valence-corrected chi connectivity index (χ3v) is 4.35. The molecule has 2 aromatic rings. The van der Waals surface area contributed by atoms with Gasteiger partial charge in [-0.3, -0.25) is 4.79 Å². The summed E-state index contributed by atoms with van der Waals surface area (Å²) in [6, 6.07) is 8.59. The highest BCUT2D eigenvalue weighted by atomic mass is 16.5. The maximum Gasteiger partial charge on any atom is 0.200 e. The molecule has 2 N–H and O–H groups in total. The number of aromatic hydroxyl groups is 2. The number of ether oxygens (including phenoxy) is 3. The number of hydrogen-bond donors (Lipinski definition) is 2. The van der Waals surface area contributed by atoms with Crippen molar-refractivity contribution in [3.05, 3.63) is 53.6 Å². The molecule has 0 aromatic heterocycles. The highest BCUT2D eigenvalue weighted by Gasteiger charge is 2.10. The largest absolute Gasteiger partial charge is 0.504 e. The summed E-state index contributed by atoms with van der Waals surface area (Å²) in [5.41, 5.74) is 1.87. The van der Waals surface area contributed by atoms with E-state index in [1.807, 2.05) is 6.08 Å². The Labute approximate surface area is 165 Å². The number of carbonyl (C=O) groups excluding carboxylic acids is 1. The summed E-state index contributed by atoms with van der Waals surface area (Å²) in [6.45, 7) is 0. The number of phenols is 2. The molecule has 0 heterocycles. The molecular formula is C22H26O6. The van der Waals surface area contributed by atoms with E-state index in [0.717, 1.165) is 11.1 Å². The van der Waals surface area contributed by atoms with E-state index in [9.17, 15) is 15.0 Å². The number of allylic oxidation sites excluding steroid dienone is 2. The van der Waals surface area contributed by atoms with Crippen LogP contribution >= 0.6 is 0 Å². The molecule has 0 saturated heterocycles. The van der Waals surface area contributed by atoms with Gasteiger partial charge in [-0.2, -0.15) is 0 Å². The fourth-order valence-electron chi connectivity index (χ4n) is 2.79. The normalized spacial score (nSPS) is 10.8. The van der Waals surface area contributed by atoms with Gasteiger partial charge < -0.3 is 24.4 Å². The Hall–Kier alpha value is -3.15. The van der Waals surface area contributed by atoms with Crippen molar-refractivity contribution in [1.29, 1.82) is 0 Å². The minimum Gasteiger partial charge on any atom is -0.504 e. The Balaban J connectivity index is 1.85. The Morgan fingerprint density at radius 2 is 1.50 bits per heavy atom. The van der Waals surface area contributed by atoms with E-state index < -0.39 is 0 Å². The molecule has 150 valence electrons. The lowest BCUT2D eigenvalue weighted by molar-refractivity contribution is -0.114. The van der Waals surface area contributed by atoms with Crippen LogP contribution < -0.4 is 14.2 Å².